The summed E-state index contributed by atoms with van der Waals surface area (Å²) in [5.41, 5.74) is 4.74. The van der Waals surface area contributed by atoms with Crippen molar-refractivity contribution in [3.63, 3.8) is 0 Å². The Bertz CT molecular complexity index is 947. The molecule has 1 N–H and O–H groups in total. The van der Waals surface area contributed by atoms with Gasteiger partial charge in [-0.2, -0.15) is 0 Å². The number of carbonyl (C=O) groups excluding carboxylic acids is 2. The zero-order chi connectivity index (χ0) is 19.3. The van der Waals surface area contributed by atoms with Crippen molar-refractivity contribution in [1.82, 2.24) is 9.80 Å². The molecule has 4 heterocycles. The van der Waals surface area contributed by atoms with Gasteiger partial charge >= 0.3 is 0 Å². The first-order valence-corrected chi connectivity index (χ1v) is 10.1. The molecule has 2 aromatic carbocycles. The minimum atomic E-state index is -0.0885. The number of nitrogens with one attached hydrogen (secondary N) is 1. The maximum Gasteiger partial charge on any atom is 0.254 e. The summed E-state index contributed by atoms with van der Waals surface area (Å²) in [4.78, 5) is 29.2. The van der Waals surface area contributed by atoms with Crippen LogP contribution < -0.4 is 5.32 Å². The Kier molecular flexibility index (Phi) is 4.20. The van der Waals surface area contributed by atoms with E-state index in [1.807, 2.05) is 30.3 Å². The van der Waals surface area contributed by atoms with Crippen LogP contribution in [0.25, 0.3) is 11.1 Å². The molecular weight excluding hydrogens is 350 g/mol. The van der Waals surface area contributed by atoms with Crippen molar-refractivity contribution in [2.45, 2.75) is 32.4 Å². The van der Waals surface area contributed by atoms with E-state index in [4.69, 9.17) is 0 Å². The highest BCUT2D eigenvalue weighted by atomic mass is 16.2. The van der Waals surface area contributed by atoms with Crippen LogP contribution in [0.1, 0.15) is 35.7 Å². The van der Waals surface area contributed by atoms with Crippen LogP contribution in [0, 0.1) is 5.92 Å². The maximum absolute atomic E-state index is 13.2. The quantitative estimate of drug-likeness (QED) is 0.895. The third-order valence-corrected chi connectivity index (χ3v) is 6.48. The van der Waals surface area contributed by atoms with Crippen molar-refractivity contribution < 1.29 is 9.59 Å². The predicted octanol–water partition coefficient (Wildman–Crippen LogP) is 3.36. The lowest BCUT2D eigenvalue weighted by Gasteiger charge is -2.48. The molecule has 0 spiro atoms. The predicted molar refractivity (Wildman–Crippen MR) is 109 cm³/mol. The second kappa shape index (κ2) is 6.74. The Balaban J connectivity index is 1.41. The first kappa shape index (κ1) is 17.4. The summed E-state index contributed by atoms with van der Waals surface area (Å²) in [5, 5.41) is 2.82. The molecule has 2 bridgehead atoms. The molecule has 2 aromatic rings. The summed E-state index contributed by atoms with van der Waals surface area (Å²) in [5.74, 6) is 0.736. The van der Waals surface area contributed by atoms with E-state index in [0.717, 1.165) is 41.0 Å². The molecular formula is C23H25N3O2. The zero-order valence-corrected chi connectivity index (χ0v) is 16.1. The van der Waals surface area contributed by atoms with E-state index >= 15 is 0 Å². The van der Waals surface area contributed by atoms with Crippen molar-refractivity contribution in [2.75, 3.05) is 25.0 Å². The Morgan fingerprint density at radius 1 is 1.07 bits per heavy atom. The van der Waals surface area contributed by atoms with E-state index in [2.05, 4.69) is 27.2 Å². The lowest BCUT2D eigenvalue weighted by Crippen LogP contribution is -2.57. The maximum atomic E-state index is 13.2. The van der Waals surface area contributed by atoms with Crippen LogP contribution in [0.2, 0.25) is 0 Å². The van der Waals surface area contributed by atoms with E-state index in [-0.39, 0.29) is 11.8 Å². The summed E-state index contributed by atoms with van der Waals surface area (Å²) >= 11 is 0. The van der Waals surface area contributed by atoms with Gasteiger partial charge in [-0.25, -0.2) is 0 Å². The average Bonchev–Trinajstić information content (AvgIpc) is 3.04. The number of fused-ring (bicyclic) bond motifs is 4. The first-order valence-electron chi connectivity index (χ1n) is 10.1. The smallest absolute Gasteiger partial charge is 0.254 e. The number of hydrogen-bond acceptors (Lipinski definition) is 3. The van der Waals surface area contributed by atoms with Crippen LogP contribution in [0.4, 0.5) is 5.69 Å². The van der Waals surface area contributed by atoms with Crippen molar-refractivity contribution in [1.29, 1.82) is 0 Å². The Labute approximate surface area is 165 Å². The number of anilines is 1. The number of amides is 2. The second-order valence-electron chi connectivity index (χ2n) is 8.27. The third-order valence-electron chi connectivity index (χ3n) is 6.48. The SMILES string of the molecule is CC(=O)Nc1cccc(-c2ccc3c(c2)C(=O)N(C2CN4CCC2CC4)C3)c1. The van der Waals surface area contributed by atoms with E-state index in [0.29, 0.717) is 12.0 Å². The fourth-order valence-corrected chi connectivity index (χ4v) is 5.04. The van der Waals surface area contributed by atoms with Gasteiger partial charge in [0.25, 0.3) is 5.91 Å². The van der Waals surface area contributed by atoms with Crippen molar-refractivity contribution in [3.05, 3.63) is 53.6 Å². The van der Waals surface area contributed by atoms with Crippen molar-refractivity contribution in [2.24, 2.45) is 5.92 Å². The molecule has 28 heavy (non-hydrogen) atoms. The van der Waals surface area contributed by atoms with Gasteiger partial charge in [-0.05, 0) is 66.7 Å². The zero-order valence-electron chi connectivity index (χ0n) is 16.1. The molecule has 5 heteroatoms. The highest BCUT2D eigenvalue weighted by molar-refractivity contribution is 6.00. The molecule has 0 aromatic heterocycles. The number of piperidine rings is 3. The highest BCUT2D eigenvalue weighted by Gasteiger charge is 2.42. The fraction of sp³-hybridized carbons (Fsp3) is 0.391. The monoisotopic (exact) mass is 375 g/mol. The number of carbonyl (C=O) groups is 2. The number of benzene rings is 2. The van der Waals surface area contributed by atoms with Crippen molar-refractivity contribution in [3.8, 4) is 11.1 Å². The lowest BCUT2D eigenvalue weighted by molar-refractivity contribution is -0.114. The molecule has 1 unspecified atom stereocenters. The van der Waals surface area contributed by atoms with Gasteiger partial charge in [-0.1, -0.05) is 24.3 Å². The highest BCUT2D eigenvalue weighted by Crippen LogP contribution is 2.36. The van der Waals surface area contributed by atoms with Crippen LogP contribution in [-0.4, -0.2) is 47.3 Å². The van der Waals surface area contributed by atoms with Gasteiger partial charge in [-0.3, -0.25) is 9.59 Å². The van der Waals surface area contributed by atoms with Gasteiger partial charge in [0, 0.05) is 37.3 Å². The molecule has 3 fully saturated rings. The summed E-state index contributed by atoms with van der Waals surface area (Å²) in [6, 6.07) is 14.3. The first-order chi connectivity index (χ1) is 13.6. The molecule has 3 saturated heterocycles. The minimum absolute atomic E-state index is 0.0885. The summed E-state index contributed by atoms with van der Waals surface area (Å²) in [7, 11) is 0. The molecule has 2 amide bonds. The van der Waals surface area contributed by atoms with Gasteiger partial charge in [0.05, 0.1) is 0 Å². The molecule has 4 aliphatic heterocycles. The van der Waals surface area contributed by atoms with Crippen LogP contribution in [0.5, 0.6) is 0 Å². The summed E-state index contributed by atoms with van der Waals surface area (Å²) in [6.07, 6.45) is 2.43. The van der Waals surface area contributed by atoms with Gasteiger partial charge in [0.1, 0.15) is 0 Å². The molecule has 4 aliphatic rings. The topological polar surface area (TPSA) is 52.7 Å². The molecule has 144 valence electrons. The van der Waals surface area contributed by atoms with Crippen LogP contribution >= 0.6 is 0 Å². The Morgan fingerprint density at radius 2 is 1.86 bits per heavy atom. The Morgan fingerprint density at radius 3 is 2.57 bits per heavy atom. The lowest BCUT2D eigenvalue weighted by atomic mass is 9.83. The molecule has 0 radical (unpaired) electrons. The van der Waals surface area contributed by atoms with Gasteiger partial charge in [0.15, 0.2) is 0 Å². The number of hydrogen-bond donors (Lipinski definition) is 1. The molecule has 0 saturated carbocycles. The molecule has 6 rings (SSSR count). The summed E-state index contributed by atoms with van der Waals surface area (Å²) < 4.78 is 0. The summed E-state index contributed by atoms with van der Waals surface area (Å²) in [6.45, 7) is 5.63. The van der Waals surface area contributed by atoms with Gasteiger partial charge in [0.2, 0.25) is 5.91 Å². The normalized spacial score (nSPS) is 25.7. The minimum Gasteiger partial charge on any atom is -0.330 e. The standard InChI is InChI=1S/C23H25N3O2/c1-15(27)24-20-4-2-3-17(11-20)18-5-6-19-13-26(23(28)21(19)12-18)22-14-25-9-7-16(22)8-10-25/h2-6,11-12,16,22H,7-10,13-14H2,1H3,(H,24,27). The number of nitrogens with zero attached hydrogens (tertiary/aromatic N) is 2. The molecule has 1 atom stereocenters. The third kappa shape index (κ3) is 3.00. The van der Waals surface area contributed by atoms with Gasteiger partial charge in [-0.15, -0.1) is 0 Å². The van der Waals surface area contributed by atoms with Crippen LogP contribution in [-0.2, 0) is 11.3 Å². The van der Waals surface area contributed by atoms with Crippen LogP contribution in [0.15, 0.2) is 42.5 Å². The van der Waals surface area contributed by atoms with Crippen LogP contribution in [0.3, 0.4) is 0 Å². The number of rotatable bonds is 3. The molecule has 0 aliphatic carbocycles. The van der Waals surface area contributed by atoms with E-state index < -0.39 is 0 Å². The second-order valence-corrected chi connectivity index (χ2v) is 8.27. The fourth-order valence-electron chi connectivity index (χ4n) is 5.04. The molecule has 5 nitrogen and oxygen atoms in total. The van der Waals surface area contributed by atoms with Crippen molar-refractivity contribution >= 4 is 17.5 Å². The van der Waals surface area contributed by atoms with E-state index in [1.165, 1.54) is 32.9 Å². The average molecular weight is 375 g/mol. The largest absolute Gasteiger partial charge is 0.330 e. The van der Waals surface area contributed by atoms with E-state index in [1.54, 1.807) is 0 Å². The Hall–Kier alpha value is -2.66. The van der Waals surface area contributed by atoms with E-state index in [9.17, 15) is 9.59 Å². The van der Waals surface area contributed by atoms with Gasteiger partial charge < -0.3 is 15.1 Å².